The first-order valence-corrected chi connectivity index (χ1v) is 12.7. The second-order valence-electron chi connectivity index (χ2n) is 9.43. The molecule has 1 unspecified atom stereocenters. The Kier molecular flexibility index (Phi) is 7.88. The number of rotatable bonds is 9. The molecule has 0 radical (unpaired) electrons. The zero-order valence-corrected chi connectivity index (χ0v) is 21.2. The quantitative estimate of drug-likeness (QED) is 0.386. The molecular weight excluding hydrogens is 493 g/mol. The number of esters is 1. The molecule has 0 aliphatic carbocycles. The minimum Gasteiger partial charge on any atom is -0.466 e. The Bertz CT molecular complexity index is 1300. The Morgan fingerprint density at radius 3 is 2.74 bits per heavy atom. The summed E-state index contributed by atoms with van der Waals surface area (Å²) in [7, 11) is 0. The van der Waals surface area contributed by atoms with E-state index in [1.54, 1.807) is 17.9 Å². The summed E-state index contributed by atoms with van der Waals surface area (Å²) >= 11 is 0. The number of benzene rings is 2. The van der Waals surface area contributed by atoms with Crippen LogP contribution in [-0.2, 0) is 29.2 Å². The molecule has 200 valence electrons. The minimum absolute atomic E-state index is 0.191. The van der Waals surface area contributed by atoms with Crippen LogP contribution in [0.4, 0.5) is 4.39 Å². The lowest BCUT2D eigenvalue weighted by Crippen LogP contribution is -2.43. The van der Waals surface area contributed by atoms with Crippen LogP contribution in [0.5, 0.6) is 11.5 Å². The molecule has 2 aromatic carbocycles. The Labute approximate surface area is 220 Å². The van der Waals surface area contributed by atoms with E-state index < -0.39 is 0 Å². The number of likely N-dealkylation sites (tertiary alicyclic amines) is 1. The Balaban J connectivity index is 1.29. The number of carbonyl (C=O) groups is 2. The molecule has 0 N–H and O–H groups in total. The maximum absolute atomic E-state index is 13.9. The molecule has 0 spiro atoms. The topological polar surface area (TPSA) is 94.3 Å². The van der Waals surface area contributed by atoms with E-state index in [-0.39, 0.29) is 36.1 Å². The van der Waals surface area contributed by atoms with Gasteiger partial charge in [0, 0.05) is 26.2 Å². The summed E-state index contributed by atoms with van der Waals surface area (Å²) in [5.74, 6) is 0.553. The van der Waals surface area contributed by atoms with Gasteiger partial charge in [-0.3, -0.25) is 14.5 Å². The van der Waals surface area contributed by atoms with Gasteiger partial charge in [-0.1, -0.05) is 18.2 Å². The van der Waals surface area contributed by atoms with Crippen LogP contribution in [0.25, 0.3) is 0 Å². The SMILES string of the molecule is CCOC(=O)C1CCCN(C(=O)c2coc(CN(Cc3cccc(F)c3)Cc3ccc4c(c3)OCO4)n2)C1. The molecule has 3 heterocycles. The summed E-state index contributed by atoms with van der Waals surface area (Å²) in [5.41, 5.74) is 1.97. The van der Waals surface area contributed by atoms with Crippen LogP contribution in [0.3, 0.4) is 0 Å². The Hall–Kier alpha value is -3.92. The van der Waals surface area contributed by atoms with Crippen LogP contribution < -0.4 is 9.47 Å². The monoisotopic (exact) mass is 523 g/mol. The van der Waals surface area contributed by atoms with Gasteiger partial charge in [-0.2, -0.15) is 0 Å². The number of aromatic nitrogens is 1. The molecule has 9 nitrogen and oxygen atoms in total. The van der Waals surface area contributed by atoms with Crippen LogP contribution in [0.15, 0.2) is 53.1 Å². The smallest absolute Gasteiger partial charge is 0.310 e. The van der Waals surface area contributed by atoms with Crippen molar-refractivity contribution < 1.29 is 32.6 Å². The van der Waals surface area contributed by atoms with E-state index in [0.717, 1.165) is 17.5 Å². The van der Waals surface area contributed by atoms with Gasteiger partial charge in [0.15, 0.2) is 17.2 Å². The summed E-state index contributed by atoms with van der Waals surface area (Å²) in [4.78, 5) is 33.4. The molecule has 5 rings (SSSR count). The zero-order valence-electron chi connectivity index (χ0n) is 21.2. The van der Waals surface area contributed by atoms with Crippen LogP contribution in [0, 0.1) is 11.7 Å². The third-order valence-corrected chi connectivity index (χ3v) is 6.60. The molecular formula is C28H30FN3O6. The van der Waals surface area contributed by atoms with Gasteiger partial charge in [-0.05, 0) is 55.2 Å². The first-order valence-electron chi connectivity index (χ1n) is 12.7. The fraction of sp³-hybridized carbons (Fsp3) is 0.393. The maximum atomic E-state index is 13.9. The average Bonchev–Trinajstić information content (AvgIpc) is 3.58. The largest absolute Gasteiger partial charge is 0.466 e. The molecule has 2 aliphatic rings. The highest BCUT2D eigenvalue weighted by molar-refractivity contribution is 5.92. The van der Waals surface area contributed by atoms with Gasteiger partial charge >= 0.3 is 5.97 Å². The molecule has 2 aliphatic heterocycles. The predicted octanol–water partition coefficient (Wildman–Crippen LogP) is 4.16. The van der Waals surface area contributed by atoms with Gasteiger partial charge in [-0.25, -0.2) is 9.37 Å². The van der Waals surface area contributed by atoms with E-state index in [4.69, 9.17) is 18.6 Å². The summed E-state index contributed by atoms with van der Waals surface area (Å²) in [6, 6.07) is 12.2. The minimum atomic E-state index is -0.331. The molecule has 0 bridgehead atoms. The number of oxazole rings is 1. The van der Waals surface area contributed by atoms with Gasteiger partial charge in [0.1, 0.15) is 12.1 Å². The second kappa shape index (κ2) is 11.6. The fourth-order valence-corrected chi connectivity index (χ4v) is 4.81. The van der Waals surface area contributed by atoms with Crippen molar-refractivity contribution in [2.75, 3.05) is 26.5 Å². The van der Waals surface area contributed by atoms with Crippen molar-refractivity contribution in [2.45, 2.75) is 39.4 Å². The molecule has 1 fully saturated rings. The highest BCUT2D eigenvalue weighted by Crippen LogP contribution is 2.33. The van der Waals surface area contributed by atoms with Gasteiger partial charge < -0.3 is 23.5 Å². The van der Waals surface area contributed by atoms with Gasteiger partial charge in [-0.15, -0.1) is 0 Å². The van der Waals surface area contributed by atoms with Crippen molar-refractivity contribution >= 4 is 11.9 Å². The Morgan fingerprint density at radius 2 is 1.92 bits per heavy atom. The number of nitrogens with zero attached hydrogens (tertiary/aromatic N) is 3. The first-order chi connectivity index (χ1) is 18.5. The number of piperidine rings is 1. The predicted molar refractivity (Wildman–Crippen MR) is 134 cm³/mol. The molecule has 3 aromatic rings. The third-order valence-electron chi connectivity index (χ3n) is 6.60. The molecule has 0 saturated carbocycles. The average molecular weight is 524 g/mol. The highest BCUT2D eigenvalue weighted by atomic mass is 19.1. The molecule has 1 amide bonds. The number of hydrogen-bond donors (Lipinski definition) is 0. The number of halogens is 1. The number of amides is 1. The molecule has 1 saturated heterocycles. The molecule has 10 heteroatoms. The van der Waals surface area contributed by atoms with E-state index >= 15 is 0 Å². The number of carbonyl (C=O) groups excluding carboxylic acids is 2. The van der Waals surface area contributed by atoms with Gasteiger partial charge in [0.05, 0.1) is 19.1 Å². The lowest BCUT2D eigenvalue weighted by molar-refractivity contribution is -0.149. The number of fused-ring (bicyclic) bond motifs is 1. The van der Waals surface area contributed by atoms with Crippen molar-refractivity contribution in [3.63, 3.8) is 0 Å². The second-order valence-corrected chi connectivity index (χ2v) is 9.43. The van der Waals surface area contributed by atoms with Crippen molar-refractivity contribution in [3.05, 3.63) is 77.3 Å². The van der Waals surface area contributed by atoms with Crippen LogP contribution in [-0.4, -0.2) is 53.1 Å². The Morgan fingerprint density at radius 1 is 1.11 bits per heavy atom. The summed E-state index contributed by atoms with van der Waals surface area (Å²) < 4.78 is 35.6. The summed E-state index contributed by atoms with van der Waals surface area (Å²) in [6.45, 7) is 4.36. The van der Waals surface area contributed by atoms with E-state index in [1.165, 1.54) is 18.4 Å². The maximum Gasteiger partial charge on any atom is 0.310 e. The lowest BCUT2D eigenvalue weighted by Gasteiger charge is -2.30. The summed E-state index contributed by atoms with van der Waals surface area (Å²) in [6.07, 6.45) is 2.77. The molecule has 1 atom stereocenters. The van der Waals surface area contributed by atoms with Gasteiger partial charge in [0.2, 0.25) is 12.7 Å². The number of hydrogen-bond acceptors (Lipinski definition) is 8. The van der Waals surface area contributed by atoms with Crippen LogP contribution in [0.2, 0.25) is 0 Å². The normalized spacial score (nSPS) is 16.6. The van der Waals surface area contributed by atoms with Crippen molar-refractivity contribution in [3.8, 4) is 11.5 Å². The summed E-state index contributed by atoms with van der Waals surface area (Å²) in [5, 5.41) is 0. The number of ether oxygens (including phenoxy) is 3. The zero-order chi connectivity index (χ0) is 26.5. The van der Waals surface area contributed by atoms with E-state index in [9.17, 15) is 14.0 Å². The molecule has 38 heavy (non-hydrogen) atoms. The van der Waals surface area contributed by atoms with Crippen molar-refractivity contribution in [1.82, 2.24) is 14.8 Å². The first kappa shape index (κ1) is 25.7. The standard InChI is InChI=1S/C28H30FN3O6/c1-2-35-28(34)21-6-4-10-32(15-21)27(33)23-17-36-26(30-23)16-31(13-19-5-3-7-22(29)11-19)14-20-8-9-24-25(12-20)38-18-37-24/h3,5,7-9,11-12,17,21H,2,4,6,10,13-16,18H2,1H3. The fourth-order valence-electron chi connectivity index (χ4n) is 4.81. The van der Waals surface area contributed by atoms with E-state index in [1.807, 2.05) is 29.2 Å². The molecule has 1 aromatic heterocycles. The van der Waals surface area contributed by atoms with E-state index in [2.05, 4.69) is 4.98 Å². The van der Waals surface area contributed by atoms with E-state index in [0.29, 0.717) is 63.1 Å². The van der Waals surface area contributed by atoms with Crippen molar-refractivity contribution in [1.29, 1.82) is 0 Å². The van der Waals surface area contributed by atoms with Gasteiger partial charge in [0.25, 0.3) is 5.91 Å². The van der Waals surface area contributed by atoms with Crippen LogP contribution >= 0.6 is 0 Å². The van der Waals surface area contributed by atoms with Crippen LogP contribution in [0.1, 0.15) is 47.3 Å². The highest BCUT2D eigenvalue weighted by Gasteiger charge is 2.31. The lowest BCUT2D eigenvalue weighted by atomic mass is 9.98. The third kappa shape index (κ3) is 6.13. The van der Waals surface area contributed by atoms with Crippen molar-refractivity contribution in [2.24, 2.45) is 5.92 Å².